The lowest BCUT2D eigenvalue weighted by Gasteiger charge is -2.16. The van der Waals surface area contributed by atoms with Gasteiger partial charge in [0.15, 0.2) is 0 Å². The molecular formula is C16H26N2O2. The molecule has 2 rings (SSSR count). The Bertz CT molecular complexity index is 398. The lowest BCUT2D eigenvalue weighted by molar-refractivity contribution is 0.152. The molecule has 0 amide bonds. The van der Waals surface area contributed by atoms with Crippen LogP contribution in [0.15, 0.2) is 24.3 Å². The van der Waals surface area contributed by atoms with Gasteiger partial charge in [0.25, 0.3) is 0 Å². The Morgan fingerprint density at radius 3 is 3.00 bits per heavy atom. The molecule has 1 aliphatic rings. The van der Waals surface area contributed by atoms with Crippen molar-refractivity contribution in [2.45, 2.75) is 19.4 Å². The molecule has 0 aromatic heterocycles. The first-order chi connectivity index (χ1) is 9.83. The number of nitrogens with zero attached hydrogens (tertiary/aromatic N) is 1. The van der Waals surface area contributed by atoms with E-state index in [-0.39, 0.29) is 0 Å². The van der Waals surface area contributed by atoms with Gasteiger partial charge >= 0.3 is 0 Å². The number of ether oxygens (including phenoxy) is 2. The van der Waals surface area contributed by atoms with Crippen LogP contribution in [0.25, 0.3) is 0 Å². The van der Waals surface area contributed by atoms with Crippen LogP contribution in [-0.2, 0) is 11.3 Å². The molecule has 0 saturated carbocycles. The van der Waals surface area contributed by atoms with E-state index in [4.69, 9.17) is 15.2 Å². The lowest BCUT2D eigenvalue weighted by Crippen LogP contribution is -2.24. The molecule has 0 bridgehead atoms. The fourth-order valence-electron chi connectivity index (χ4n) is 2.77. The highest BCUT2D eigenvalue weighted by molar-refractivity contribution is 5.32. The number of nitrogens with two attached hydrogens (primary N) is 1. The average molecular weight is 278 g/mol. The van der Waals surface area contributed by atoms with Crippen molar-refractivity contribution in [3.8, 4) is 5.75 Å². The minimum atomic E-state index is 0.529. The largest absolute Gasteiger partial charge is 0.493 e. The van der Waals surface area contributed by atoms with Gasteiger partial charge in [0.2, 0.25) is 0 Å². The molecule has 20 heavy (non-hydrogen) atoms. The molecule has 1 atom stereocenters. The molecule has 0 spiro atoms. The third-order valence-corrected chi connectivity index (χ3v) is 3.84. The second kappa shape index (κ2) is 8.25. The molecule has 4 nitrogen and oxygen atoms in total. The number of methoxy groups -OCH3 is 1. The van der Waals surface area contributed by atoms with Crippen LogP contribution in [0.5, 0.6) is 5.75 Å². The van der Waals surface area contributed by atoms with Crippen molar-refractivity contribution in [1.29, 1.82) is 0 Å². The first-order valence-corrected chi connectivity index (χ1v) is 7.45. The number of para-hydroxylation sites is 1. The third-order valence-electron chi connectivity index (χ3n) is 3.84. The molecule has 1 aromatic carbocycles. The van der Waals surface area contributed by atoms with E-state index < -0.39 is 0 Å². The Hall–Kier alpha value is -1.10. The fourth-order valence-corrected chi connectivity index (χ4v) is 2.77. The predicted octanol–water partition coefficient (Wildman–Crippen LogP) is 1.88. The Balaban J connectivity index is 1.64. The van der Waals surface area contributed by atoms with Crippen LogP contribution < -0.4 is 10.5 Å². The average Bonchev–Trinajstić information content (AvgIpc) is 2.92. The number of rotatable bonds is 8. The number of hydrogen-bond donors (Lipinski definition) is 1. The van der Waals surface area contributed by atoms with E-state index >= 15 is 0 Å². The summed E-state index contributed by atoms with van der Waals surface area (Å²) in [6.45, 7) is 5.62. The Kier molecular flexibility index (Phi) is 6.30. The van der Waals surface area contributed by atoms with Crippen LogP contribution in [0.3, 0.4) is 0 Å². The Labute approximate surface area is 121 Å². The molecule has 0 aliphatic carbocycles. The van der Waals surface area contributed by atoms with Crippen molar-refractivity contribution in [1.82, 2.24) is 4.90 Å². The number of hydrogen-bond acceptors (Lipinski definition) is 4. The molecule has 1 saturated heterocycles. The van der Waals surface area contributed by atoms with Crippen molar-refractivity contribution in [3.05, 3.63) is 29.8 Å². The smallest absolute Gasteiger partial charge is 0.123 e. The monoisotopic (exact) mass is 278 g/mol. The molecule has 1 unspecified atom stereocenters. The maximum atomic E-state index is 5.83. The van der Waals surface area contributed by atoms with E-state index in [9.17, 15) is 0 Å². The van der Waals surface area contributed by atoms with Crippen LogP contribution in [0.2, 0.25) is 0 Å². The highest BCUT2D eigenvalue weighted by Crippen LogP contribution is 2.18. The third kappa shape index (κ3) is 4.47. The van der Waals surface area contributed by atoms with E-state index in [1.165, 1.54) is 13.0 Å². The first kappa shape index (κ1) is 15.3. The van der Waals surface area contributed by atoms with Gasteiger partial charge in [-0.15, -0.1) is 0 Å². The molecule has 112 valence electrons. The summed E-state index contributed by atoms with van der Waals surface area (Å²) in [5, 5.41) is 0. The van der Waals surface area contributed by atoms with E-state index in [0.29, 0.717) is 12.5 Å². The summed E-state index contributed by atoms with van der Waals surface area (Å²) in [5.41, 5.74) is 6.78. The van der Waals surface area contributed by atoms with Crippen molar-refractivity contribution in [3.63, 3.8) is 0 Å². The van der Waals surface area contributed by atoms with Gasteiger partial charge in [0, 0.05) is 32.3 Å². The van der Waals surface area contributed by atoms with Crippen LogP contribution in [0.1, 0.15) is 18.4 Å². The van der Waals surface area contributed by atoms with E-state index in [2.05, 4.69) is 4.90 Å². The summed E-state index contributed by atoms with van der Waals surface area (Å²) >= 11 is 0. The van der Waals surface area contributed by atoms with E-state index in [1.807, 2.05) is 24.3 Å². The summed E-state index contributed by atoms with van der Waals surface area (Å²) in [6.07, 6.45) is 2.31. The summed E-state index contributed by atoms with van der Waals surface area (Å²) < 4.78 is 11.1. The van der Waals surface area contributed by atoms with Gasteiger partial charge in [-0.1, -0.05) is 18.2 Å². The van der Waals surface area contributed by atoms with Crippen LogP contribution in [0, 0.1) is 5.92 Å². The van der Waals surface area contributed by atoms with Crippen molar-refractivity contribution < 1.29 is 9.47 Å². The fraction of sp³-hybridized carbons (Fsp3) is 0.625. The molecule has 1 aliphatic heterocycles. The molecule has 1 fully saturated rings. The van der Waals surface area contributed by atoms with Gasteiger partial charge in [0.1, 0.15) is 5.75 Å². The molecule has 2 N–H and O–H groups in total. The van der Waals surface area contributed by atoms with Crippen LogP contribution >= 0.6 is 0 Å². The van der Waals surface area contributed by atoms with E-state index in [1.54, 1.807) is 7.11 Å². The highest BCUT2D eigenvalue weighted by Gasteiger charge is 2.21. The van der Waals surface area contributed by atoms with Crippen LogP contribution in [0.4, 0.5) is 0 Å². The van der Waals surface area contributed by atoms with Gasteiger partial charge in [-0.2, -0.15) is 0 Å². The maximum absolute atomic E-state index is 5.83. The molecular weight excluding hydrogens is 252 g/mol. The van der Waals surface area contributed by atoms with Gasteiger partial charge in [-0.3, -0.25) is 0 Å². The van der Waals surface area contributed by atoms with Crippen molar-refractivity contribution in [2.24, 2.45) is 11.7 Å². The SMILES string of the molecule is COCC1CCN(CCCOc2ccccc2CN)C1. The molecule has 1 heterocycles. The second-order valence-corrected chi connectivity index (χ2v) is 5.42. The maximum Gasteiger partial charge on any atom is 0.123 e. The van der Waals surface area contributed by atoms with Gasteiger partial charge in [-0.05, 0) is 31.4 Å². The number of likely N-dealkylation sites (tertiary alicyclic amines) is 1. The van der Waals surface area contributed by atoms with Crippen molar-refractivity contribution in [2.75, 3.05) is 40.0 Å². The minimum absolute atomic E-state index is 0.529. The normalized spacial score (nSPS) is 19.4. The topological polar surface area (TPSA) is 47.7 Å². The van der Waals surface area contributed by atoms with Gasteiger partial charge in [0.05, 0.1) is 13.2 Å². The van der Waals surface area contributed by atoms with Gasteiger partial charge < -0.3 is 20.1 Å². The standard InChI is InChI=1S/C16H26N2O2/c1-19-13-14-7-9-18(12-14)8-4-10-20-16-6-3-2-5-15(16)11-17/h2-3,5-6,14H,4,7-13,17H2,1H3. The second-order valence-electron chi connectivity index (χ2n) is 5.42. The lowest BCUT2D eigenvalue weighted by atomic mass is 10.1. The summed E-state index contributed by atoms with van der Waals surface area (Å²) in [7, 11) is 1.78. The Morgan fingerprint density at radius 2 is 2.20 bits per heavy atom. The minimum Gasteiger partial charge on any atom is -0.493 e. The molecule has 0 radical (unpaired) electrons. The van der Waals surface area contributed by atoms with E-state index in [0.717, 1.165) is 44.0 Å². The summed E-state index contributed by atoms with van der Waals surface area (Å²) in [5.74, 6) is 1.63. The predicted molar refractivity (Wildman–Crippen MR) is 80.9 cm³/mol. The number of benzene rings is 1. The molecule has 4 heteroatoms. The molecule has 1 aromatic rings. The zero-order valence-electron chi connectivity index (χ0n) is 12.4. The first-order valence-electron chi connectivity index (χ1n) is 7.45. The highest BCUT2D eigenvalue weighted by atomic mass is 16.5. The van der Waals surface area contributed by atoms with Gasteiger partial charge in [-0.25, -0.2) is 0 Å². The zero-order chi connectivity index (χ0) is 14.2. The summed E-state index contributed by atoms with van der Waals surface area (Å²) in [4.78, 5) is 2.50. The zero-order valence-corrected chi connectivity index (χ0v) is 12.4. The summed E-state index contributed by atoms with van der Waals surface area (Å²) in [6, 6.07) is 8.00. The van der Waals surface area contributed by atoms with Crippen LogP contribution in [-0.4, -0.2) is 44.9 Å². The Morgan fingerprint density at radius 1 is 1.35 bits per heavy atom. The van der Waals surface area contributed by atoms with Crippen molar-refractivity contribution >= 4 is 0 Å². The quantitative estimate of drug-likeness (QED) is 0.738.